The van der Waals surface area contributed by atoms with Crippen molar-refractivity contribution >= 4 is 17.1 Å². The maximum absolute atomic E-state index is 11.8. The van der Waals surface area contributed by atoms with Crippen LogP contribution in [0.1, 0.15) is 26.8 Å². The molecule has 0 aromatic carbocycles. The number of carbonyl (C=O) groups is 1. The molecule has 0 N–H and O–H groups in total. The van der Waals surface area contributed by atoms with E-state index in [9.17, 15) is 4.79 Å². The molecule has 0 spiro atoms. The van der Waals surface area contributed by atoms with Crippen LogP contribution in [0.5, 0.6) is 0 Å². The van der Waals surface area contributed by atoms with Crippen molar-refractivity contribution in [2.75, 3.05) is 0 Å². The van der Waals surface area contributed by atoms with Crippen LogP contribution in [0.15, 0.2) is 28.0 Å². The molecule has 2 aromatic rings. The second kappa shape index (κ2) is 3.42. The summed E-state index contributed by atoms with van der Waals surface area (Å²) in [5.41, 5.74) is 0.710. The largest absolute Gasteiger partial charge is 0.458 e. The number of rotatable bonds is 2. The lowest BCUT2D eigenvalue weighted by Crippen LogP contribution is -1.96. The Labute approximate surface area is 86.2 Å². The Morgan fingerprint density at radius 3 is 2.64 bits per heavy atom. The fourth-order valence-electron chi connectivity index (χ4n) is 1.26. The first-order valence-electron chi connectivity index (χ1n) is 4.33. The first kappa shape index (κ1) is 9.21. The molecule has 72 valence electrons. The molecule has 14 heavy (non-hydrogen) atoms. The van der Waals surface area contributed by atoms with Gasteiger partial charge in [-0.3, -0.25) is 4.79 Å². The lowest BCUT2D eigenvalue weighted by Gasteiger charge is -1.91. The van der Waals surface area contributed by atoms with Gasteiger partial charge in [0.1, 0.15) is 5.76 Å². The maximum Gasteiger partial charge on any atom is 0.229 e. The van der Waals surface area contributed by atoms with E-state index in [-0.39, 0.29) is 5.78 Å². The standard InChI is InChI=1S/C11H10O2S/c1-7-3-4-10(13-7)11(12)9-5-8(2)14-6-9/h3-6H,1-2H3. The third kappa shape index (κ3) is 1.63. The summed E-state index contributed by atoms with van der Waals surface area (Å²) in [5.74, 6) is 1.14. The lowest BCUT2D eigenvalue weighted by molar-refractivity contribution is 0.101. The highest BCUT2D eigenvalue weighted by Crippen LogP contribution is 2.18. The van der Waals surface area contributed by atoms with E-state index in [1.807, 2.05) is 25.3 Å². The van der Waals surface area contributed by atoms with E-state index >= 15 is 0 Å². The van der Waals surface area contributed by atoms with E-state index < -0.39 is 0 Å². The number of furan rings is 1. The van der Waals surface area contributed by atoms with Gasteiger partial charge in [0.2, 0.25) is 5.78 Å². The zero-order chi connectivity index (χ0) is 10.1. The minimum Gasteiger partial charge on any atom is -0.458 e. The quantitative estimate of drug-likeness (QED) is 0.706. The van der Waals surface area contributed by atoms with E-state index in [1.165, 1.54) is 0 Å². The molecule has 0 bridgehead atoms. The Balaban J connectivity index is 2.33. The molecule has 0 saturated heterocycles. The number of hydrogen-bond acceptors (Lipinski definition) is 3. The number of carbonyl (C=O) groups excluding carboxylic acids is 1. The molecule has 2 rings (SSSR count). The molecule has 0 saturated carbocycles. The fourth-order valence-corrected chi connectivity index (χ4v) is 1.94. The van der Waals surface area contributed by atoms with Crippen molar-refractivity contribution in [1.29, 1.82) is 0 Å². The fraction of sp³-hybridized carbons (Fsp3) is 0.182. The van der Waals surface area contributed by atoms with Crippen LogP contribution in [0.3, 0.4) is 0 Å². The smallest absolute Gasteiger partial charge is 0.229 e. The van der Waals surface area contributed by atoms with E-state index in [1.54, 1.807) is 23.5 Å². The second-order valence-electron chi connectivity index (χ2n) is 3.19. The summed E-state index contributed by atoms with van der Waals surface area (Å²) in [5, 5.41) is 1.86. The summed E-state index contributed by atoms with van der Waals surface area (Å²) in [6.45, 7) is 3.81. The van der Waals surface area contributed by atoms with Crippen molar-refractivity contribution in [1.82, 2.24) is 0 Å². The monoisotopic (exact) mass is 206 g/mol. The molecule has 2 nitrogen and oxygen atoms in total. The molecule has 0 amide bonds. The van der Waals surface area contributed by atoms with Gasteiger partial charge in [-0.05, 0) is 32.0 Å². The summed E-state index contributed by atoms with van der Waals surface area (Å²) in [6, 6.07) is 5.39. The molecule has 3 heteroatoms. The third-order valence-electron chi connectivity index (χ3n) is 1.96. The number of ketones is 1. The van der Waals surface area contributed by atoms with Crippen LogP contribution in [-0.2, 0) is 0 Å². The summed E-state index contributed by atoms with van der Waals surface area (Å²) in [4.78, 5) is 12.9. The first-order valence-corrected chi connectivity index (χ1v) is 5.21. The van der Waals surface area contributed by atoms with E-state index in [0.29, 0.717) is 11.3 Å². The van der Waals surface area contributed by atoms with Gasteiger partial charge in [-0.1, -0.05) is 0 Å². The van der Waals surface area contributed by atoms with Crippen molar-refractivity contribution in [3.8, 4) is 0 Å². The van der Waals surface area contributed by atoms with Gasteiger partial charge in [-0.15, -0.1) is 11.3 Å². The second-order valence-corrected chi connectivity index (χ2v) is 4.30. The Morgan fingerprint density at radius 1 is 1.36 bits per heavy atom. The highest BCUT2D eigenvalue weighted by Gasteiger charge is 2.13. The molecule has 2 heterocycles. The molecular formula is C11H10O2S. The molecule has 0 unspecified atom stereocenters. The van der Waals surface area contributed by atoms with Crippen LogP contribution >= 0.6 is 11.3 Å². The Hall–Kier alpha value is -1.35. The SMILES string of the molecule is Cc1ccc(C(=O)c2csc(C)c2)o1. The van der Waals surface area contributed by atoms with Gasteiger partial charge in [-0.25, -0.2) is 0 Å². The molecule has 0 aliphatic carbocycles. The topological polar surface area (TPSA) is 30.2 Å². The Kier molecular flexibility index (Phi) is 2.25. The van der Waals surface area contributed by atoms with Crippen molar-refractivity contribution in [2.24, 2.45) is 0 Å². The first-order chi connectivity index (χ1) is 6.66. The van der Waals surface area contributed by atoms with Gasteiger partial charge in [-0.2, -0.15) is 0 Å². The van der Waals surface area contributed by atoms with Gasteiger partial charge in [0.05, 0.1) is 0 Å². The lowest BCUT2D eigenvalue weighted by atomic mass is 10.2. The van der Waals surface area contributed by atoms with Crippen LogP contribution < -0.4 is 0 Å². The number of aryl methyl sites for hydroxylation is 2. The molecule has 0 fully saturated rings. The van der Waals surface area contributed by atoms with Crippen LogP contribution in [0.25, 0.3) is 0 Å². The third-order valence-corrected chi connectivity index (χ3v) is 2.82. The highest BCUT2D eigenvalue weighted by atomic mass is 32.1. The number of hydrogen-bond donors (Lipinski definition) is 0. The molecular weight excluding hydrogens is 196 g/mol. The van der Waals surface area contributed by atoms with Crippen molar-refractivity contribution in [3.05, 3.63) is 45.5 Å². The van der Waals surface area contributed by atoms with Gasteiger partial charge < -0.3 is 4.42 Å². The highest BCUT2D eigenvalue weighted by molar-refractivity contribution is 7.10. The molecule has 2 aromatic heterocycles. The van der Waals surface area contributed by atoms with E-state index in [4.69, 9.17) is 4.42 Å². The molecule has 0 aliphatic heterocycles. The van der Waals surface area contributed by atoms with Crippen LogP contribution in [0.2, 0.25) is 0 Å². The Bertz CT molecular complexity index is 423. The van der Waals surface area contributed by atoms with Gasteiger partial charge in [0.25, 0.3) is 0 Å². The van der Waals surface area contributed by atoms with Crippen LogP contribution in [0.4, 0.5) is 0 Å². The summed E-state index contributed by atoms with van der Waals surface area (Å²) >= 11 is 1.57. The normalized spacial score (nSPS) is 10.4. The zero-order valence-corrected chi connectivity index (χ0v) is 8.85. The average molecular weight is 206 g/mol. The average Bonchev–Trinajstić information content (AvgIpc) is 2.73. The zero-order valence-electron chi connectivity index (χ0n) is 8.03. The van der Waals surface area contributed by atoms with Crippen LogP contribution in [-0.4, -0.2) is 5.78 Å². The van der Waals surface area contributed by atoms with E-state index in [2.05, 4.69) is 0 Å². The van der Waals surface area contributed by atoms with Crippen molar-refractivity contribution < 1.29 is 9.21 Å². The molecule has 0 atom stereocenters. The van der Waals surface area contributed by atoms with E-state index in [0.717, 1.165) is 10.6 Å². The minimum atomic E-state index is -0.0394. The van der Waals surface area contributed by atoms with Crippen molar-refractivity contribution in [2.45, 2.75) is 13.8 Å². The molecule has 0 aliphatic rings. The summed E-state index contributed by atoms with van der Waals surface area (Å²) in [7, 11) is 0. The Morgan fingerprint density at radius 2 is 2.14 bits per heavy atom. The van der Waals surface area contributed by atoms with Gasteiger partial charge in [0, 0.05) is 15.8 Å². The molecule has 0 radical (unpaired) electrons. The van der Waals surface area contributed by atoms with Gasteiger partial charge >= 0.3 is 0 Å². The number of thiophene rings is 1. The van der Waals surface area contributed by atoms with Gasteiger partial charge in [0.15, 0.2) is 5.76 Å². The summed E-state index contributed by atoms with van der Waals surface area (Å²) < 4.78 is 5.26. The predicted octanol–water partition coefficient (Wildman–Crippen LogP) is 3.19. The van der Waals surface area contributed by atoms with Crippen molar-refractivity contribution in [3.63, 3.8) is 0 Å². The minimum absolute atomic E-state index is 0.0394. The van der Waals surface area contributed by atoms with Crippen LogP contribution in [0, 0.1) is 13.8 Å². The summed E-state index contributed by atoms with van der Waals surface area (Å²) in [6.07, 6.45) is 0. The predicted molar refractivity (Wildman–Crippen MR) is 55.9 cm³/mol. The maximum atomic E-state index is 11.8.